The molecule has 3 heterocycles. The van der Waals surface area contributed by atoms with Crippen molar-refractivity contribution < 1.29 is 4.79 Å². The summed E-state index contributed by atoms with van der Waals surface area (Å²) in [6.45, 7) is 7.80. The molecule has 4 nitrogen and oxygen atoms in total. The van der Waals surface area contributed by atoms with Crippen molar-refractivity contribution in [2.45, 2.75) is 25.7 Å². The number of benzene rings is 3. The van der Waals surface area contributed by atoms with Crippen molar-refractivity contribution in [1.29, 1.82) is 0 Å². The van der Waals surface area contributed by atoms with E-state index in [-0.39, 0.29) is 5.91 Å². The van der Waals surface area contributed by atoms with Crippen LogP contribution >= 0.6 is 35.7 Å². The number of thioether (sulfide) groups is 2. The van der Waals surface area contributed by atoms with Gasteiger partial charge in [0.2, 0.25) is 0 Å². The molecule has 0 saturated carbocycles. The number of carbonyl (C=O) groups is 1. The van der Waals surface area contributed by atoms with Crippen LogP contribution < -0.4 is 13.4 Å². The predicted molar refractivity (Wildman–Crippen MR) is 169 cm³/mol. The van der Waals surface area contributed by atoms with Crippen LogP contribution in [0.4, 0.5) is 11.4 Å². The van der Waals surface area contributed by atoms with E-state index < -0.39 is 20.9 Å². The van der Waals surface area contributed by atoms with E-state index in [0.717, 1.165) is 22.1 Å². The maximum atomic E-state index is 13.5. The van der Waals surface area contributed by atoms with Gasteiger partial charge < -0.3 is 0 Å². The first-order chi connectivity index (χ1) is 18.4. The fraction of sp³-hybridized carbons (Fsp3) is 0.200. The second kappa shape index (κ2) is 10.4. The Labute approximate surface area is 247 Å². The summed E-state index contributed by atoms with van der Waals surface area (Å²) in [4.78, 5) is 21.9. The first kappa shape index (κ1) is 26.0. The molecule has 8 heteroatoms. The molecular weight excluding hydrogens is 642 g/mol. The molecule has 0 bridgehead atoms. The maximum absolute atomic E-state index is 13.5. The molecule has 192 valence electrons. The van der Waals surface area contributed by atoms with Crippen LogP contribution in [0.1, 0.15) is 19.4 Å². The number of likely N-dealkylation sites (N-methyl/N-ethyl adjacent to an activating group) is 1. The van der Waals surface area contributed by atoms with Crippen LogP contribution in [-0.4, -0.2) is 56.2 Å². The van der Waals surface area contributed by atoms with Crippen LogP contribution in [0.3, 0.4) is 0 Å². The molecule has 0 atom stereocenters. The molecule has 1 amide bonds. The fourth-order valence-corrected chi connectivity index (χ4v) is 11.2. The van der Waals surface area contributed by atoms with Gasteiger partial charge in [-0.25, -0.2) is 0 Å². The van der Waals surface area contributed by atoms with E-state index in [1.165, 1.54) is 51.7 Å². The fourth-order valence-electron chi connectivity index (χ4n) is 5.12. The number of hydrogen-bond acceptors (Lipinski definition) is 6. The van der Waals surface area contributed by atoms with Gasteiger partial charge >= 0.3 is 250 Å². The Morgan fingerprint density at radius 1 is 0.974 bits per heavy atom. The molecule has 1 saturated heterocycles. The minimum absolute atomic E-state index is 0.00909. The van der Waals surface area contributed by atoms with E-state index in [1.54, 1.807) is 16.7 Å². The van der Waals surface area contributed by atoms with Crippen LogP contribution in [0.15, 0.2) is 90.9 Å². The molecule has 1 fully saturated rings. The number of fused-ring (bicyclic) bond motifs is 4. The summed E-state index contributed by atoms with van der Waals surface area (Å²) >= 11 is 8.17. The third-order valence-corrected chi connectivity index (χ3v) is 12.8. The van der Waals surface area contributed by atoms with Crippen LogP contribution in [-0.2, 0) is 4.79 Å². The standard InChI is InChI=1S/C30H27N3OS3Te/c1-5-32-22-13-9-10-14-23(22)36-25(32)16-19(28-29(34)33(6-2)30(35)37-28)17-26-31(4)27-21-12-8-7-11-20(21)18(3)15-24(27)38-26/h7-17H,5-6H2,1-4H3. The Morgan fingerprint density at radius 2 is 1.68 bits per heavy atom. The van der Waals surface area contributed by atoms with E-state index >= 15 is 0 Å². The van der Waals surface area contributed by atoms with Crippen LogP contribution in [0.25, 0.3) is 10.8 Å². The summed E-state index contributed by atoms with van der Waals surface area (Å²) in [6.07, 6.45) is 4.47. The molecule has 3 aliphatic heterocycles. The molecule has 3 aromatic carbocycles. The summed E-state index contributed by atoms with van der Waals surface area (Å²) in [5, 5.41) is 3.74. The molecule has 0 N–H and O–H groups in total. The molecule has 0 unspecified atom stereocenters. The van der Waals surface area contributed by atoms with Gasteiger partial charge in [-0.15, -0.1) is 0 Å². The van der Waals surface area contributed by atoms with Crippen molar-refractivity contribution in [3.05, 3.63) is 91.6 Å². The van der Waals surface area contributed by atoms with Gasteiger partial charge in [-0.3, -0.25) is 0 Å². The molecule has 3 aliphatic rings. The van der Waals surface area contributed by atoms with Gasteiger partial charge in [0.15, 0.2) is 0 Å². The Balaban J connectivity index is 1.49. The number of allylic oxidation sites excluding steroid dienone is 3. The molecule has 38 heavy (non-hydrogen) atoms. The predicted octanol–water partition coefficient (Wildman–Crippen LogP) is 6.38. The average Bonchev–Trinajstić information content (AvgIpc) is 3.53. The molecule has 6 rings (SSSR count). The number of aryl methyl sites for hydroxylation is 1. The van der Waals surface area contributed by atoms with Gasteiger partial charge in [-0.1, -0.05) is 0 Å². The number of amides is 1. The molecule has 0 radical (unpaired) electrons. The van der Waals surface area contributed by atoms with Crippen molar-refractivity contribution >= 4 is 92.7 Å². The number of rotatable bonds is 4. The second-order valence-corrected chi connectivity index (χ2v) is 15.0. The van der Waals surface area contributed by atoms with Crippen molar-refractivity contribution in [1.82, 2.24) is 4.90 Å². The van der Waals surface area contributed by atoms with E-state index in [1.807, 2.05) is 6.92 Å². The summed E-state index contributed by atoms with van der Waals surface area (Å²) in [7, 11) is 2.17. The summed E-state index contributed by atoms with van der Waals surface area (Å²) < 4.78 is 3.39. The minimum atomic E-state index is -0.635. The quantitative estimate of drug-likeness (QED) is 0.182. The van der Waals surface area contributed by atoms with Crippen molar-refractivity contribution in [3.8, 4) is 0 Å². The van der Waals surface area contributed by atoms with Gasteiger partial charge in [-0.05, 0) is 0 Å². The molecule has 3 aromatic rings. The number of anilines is 2. The molecule has 0 aromatic heterocycles. The van der Waals surface area contributed by atoms with Crippen LogP contribution in [0.2, 0.25) is 0 Å². The van der Waals surface area contributed by atoms with Gasteiger partial charge in [-0.2, -0.15) is 0 Å². The SMILES string of the molecule is CCN1C(=O)C(=C(C=C2[Te]c3cc(C)c4ccccc4c3N2C)C=C2Sc3ccccc3N2CC)SC1=S. The number of para-hydroxylation sites is 1. The Hall–Kier alpha value is -2.21. The molecular formula is C30H27N3OS3Te. The van der Waals surface area contributed by atoms with Gasteiger partial charge in [0.25, 0.3) is 0 Å². The molecule has 0 aliphatic carbocycles. The van der Waals surface area contributed by atoms with E-state index in [9.17, 15) is 4.79 Å². The van der Waals surface area contributed by atoms with E-state index in [4.69, 9.17) is 12.2 Å². The number of nitrogens with zero attached hydrogens (tertiary/aromatic N) is 3. The Kier molecular flexibility index (Phi) is 7.13. The Bertz CT molecular complexity index is 1610. The Morgan fingerprint density at radius 3 is 2.42 bits per heavy atom. The van der Waals surface area contributed by atoms with Crippen molar-refractivity contribution in [2.75, 3.05) is 29.9 Å². The van der Waals surface area contributed by atoms with Crippen molar-refractivity contribution in [3.63, 3.8) is 0 Å². The zero-order chi connectivity index (χ0) is 26.6. The third-order valence-electron chi connectivity index (χ3n) is 7.01. The van der Waals surface area contributed by atoms with Gasteiger partial charge in [0.05, 0.1) is 0 Å². The third kappa shape index (κ3) is 4.31. The van der Waals surface area contributed by atoms with Crippen LogP contribution in [0, 0.1) is 6.92 Å². The monoisotopic (exact) mass is 671 g/mol. The van der Waals surface area contributed by atoms with E-state index in [0.29, 0.717) is 10.9 Å². The molecule has 0 spiro atoms. The summed E-state index contributed by atoms with van der Waals surface area (Å²) in [5.74, 6) is 0.00909. The summed E-state index contributed by atoms with van der Waals surface area (Å²) in [5.41, 5.74) is 4.81. The number of thiocarbonyl (C=S) groups is 1. The average molecular weight is 669 g/mol. The van der Waals surface area contributed by atoms with Crippen LogP contribution in [0.5, 0.6) is 0 Å². The van der Waals surface area contributed by atoms with Crippen molar-refractivity contribution in [2.24, 2.45) is 0 Å². The number of hydrogen-bond donors (Lipinski definition) is 0. The topological polar surface area (TPSA) is 26.8 Å². The zero-order valence-corrected chi connectivity index (χ0v) is 26.4. The second-order valence-electron chi connectivity index (χ2n) is 9.23. The van der Waals surface area contributed by atoms with Gasteiger partial charge in [0.1, 0.15) is 0 Å². The zero-order valence-electron chi connectivity index (χ0n) is 21.6. The first-order valence-electron chi connectivity index (χ1n) is 12.6. The normalized spacial score (nSPS) is 20.4. The number of carbonyl (C=O) groups excluding carboxylic acids is 1. The van der Waals surface area contributed by atoms with Gasteiger partial charge in [0, 0.05) is 0 Å². The summed E-state index contributed by atoms with van der Waals surface area (Å²) in [6, 6.07) is 19.5. The first-order valence-corrected chi connectivity index (χ1v) is 17.0. The van der Waals surface area contributed by atoms with E-state index in [2.05, 4.69) is 97.4 Å².